The Morgan fingerprint density at radius 1 is 1.44 bits per heavy atom. The predicted molar refractivity (Wildman–Crippen MR) is 61.1 cm³/mol. The van der Waals surface area contributed by atoms with E-state index in [2.05, 4.69) is 5.32 Å². The van der Waals surface area contributed by atoms with Crippen molar-refractivity contribution in [2.45, 2.75) is 18.9 Å². The van der Waals surface area contributed by atoms with Gasteiger partial charge in [0.25, 0.3) is 0 Å². The van der Waals surface area contributed by atoms with Gasteiger partial charge in [0, 0.05) is 18.7 Å². The van der Waals surface area contributed by atoms with Crippen LogP contribution in [0.25, 0.3) is 0 Å². The molecule has 0 bridgehead atoms. The number of nitrogens with one attached hydrogen (secondary N) is 1. The molecule has 1 saturated heterocycles. The number of Topliss-reactive ketones (excluding diaryl/α,β-unsaturated/α-hetero) is 1. The summed E-state index contributed by atoms with van der Waals surface area (Å²) in [4.78, 5) is 11.8. The molecule has 1 rings (SSSR count). The van der Waals surface area contributed by atoms with Crippen LogP contribution in [-0.4, -0.2) is 52.5 Å². The maximum atomic E-state index is 11.8. The Hall–Kier alpha value is -0.460. The Morgan fingerprint density at radius 2 is 2.12 bits per heavy atom. The average Bonchev–Trinajstić information content (AvgIpc) is 2.63. The monoisotopic (exact) mass is 249 g/mol. The summed E-state index contributed by atoms with van der Waals surface area (Å²) in [6, 6.07) is 0.0748. The van der Waals surface area contributed by atoms with Gasteiger partial charge in [-0.1, -0.05) is 0 Å². The molecule has 0 aromatic carbocycles. The van der Waals surface area contributed by atoms with Crippen LogP contribution in [0.5, 0.6) is 0 Å². The fraction of sp³-hybridized carbons (Fsp3) is 0.900. The zero-order chi connectivity index (χ0) is 12.2. The van der Waals surface area contributed by atoms with Gasteiger partial charge >= 0.3 is 0 Å². The van der Waals surface area contributed by atoms with Crippen molar-refractivity contribution in [1.29, 1.82) is 0 Å². The Balaban J connectivity index is 2.35. The molecule has 5 nitrogen and oxygen atoms in total. The number of carbonyl (C=O) groups excluding carboxylic acids is 1. The van der Waals surface area contributed by atoms with Crippen LogP contribution in [0.3, 0.4) is 0 Å². The van der Waals surface area contributed by atoms with Gasteiger partial charge in [-0.05, 0) is 13.5 Å². The van der Waals surface area contributed by atoms with Gasteiger partial charge in [0.1, 0.15) is 15.6 Å². The van der Waals surface area contributed by atoms with Gasteiger partial charge in [-0.3, -0.25) is 4.79 Å². The Bertz CT molecular complexity index is 339. The average molecular weight is 249 g/mol. The van der Waals surface area contributed by atoms with Crippen LogP contribution in [0.15, 0.2) is 0 Å². The van der Waals surface area contributed by atoms with Gasteiger partial charge in [-0.15, -0.1) is 0 Å². The van der Waals surface area contributed by atoms with Crippen molar-refractivity contribution < 1.29 is 17.9 Å². The minimum Gasteiger partial charge on any atom is -0.379 e. The zero-order valence-corrected chi connectivity index (χ0v) is 10.5. The molecule has 0 aromatic heterocycles. The lowest BCUT2D eigenvalue weighted by Gasteiger charge is -2.15. The summed E-state index contributed by atoms with van der Waals surface area (Å²) in [5.74, 6) is 0.0568. The number of sulfone groups is 1. The highest BCUT2D eigenvalue weighted by Crippen LogP contribution is 2.16. The summed E-state index contributed by atoms with van der Waals surface area (Å²) in [6.45, 7) is 1.00. The number of rotatable bonds is 6. The lowest BCUT2D eigenvalue weighted by Crippen LogP contribution is -2.37. The first-order valence-corrected chi connectivity index (χ1v) is 7.45. The van der Waals surface area contributed by atoms with E-state index in [-0.39, 0.29) is 23.5 Å². The van der Waals surface area contributed by atoms with E-state index < -0.39 is 9.84 Å². The molecule has 94 valence electrons. The van der Waals surface area contributed by atoms with Crippen molar-refractivity contribution in [1.82, 2.24) is 5.32 Å². The van der Waals surface area contributed by atoms with Crippen LogP contribution in [0.2, 0.25) is 0 Å². The molecule has 1 N–H and O–H groups in total. The lowest BCUT2D eigenvalue weighted by molar-refractivity contribution is -0.123. The lowest BCUT2D eigenvalue weighted by atomic mass is 9.96. The van der Waals surface area contributed by atoms with Crippen molar-refractivity contribution in [3.05, 3.63) is 0 Å². The second-order valence-corrected chi connectivity index (χ2v) is 6.50. The molecule has 2 atom stereocenters. The van der Waals surface area contributed by atoms with E-state index in [0.717, 1.165) is 0 Å². The molecular weight excluding hydrogens is 230 g/mol. The smallest absolute Gasteiger partial charge is 0.147 e. The normalized spacial score (nSPS) is 25.9. The molecular formula is C10H19NO4S. The maximum Gasteiger partial charge on any atom is 0.147 e. The van der Waals surface area contributed by atoms with Gasteiger partial charge in [-0.2, -0.15) is 0 Å². The van der Waals surface area contributed by atoms with Gasteiger partial charge < -0.3 is 10.1 Å². The molecule has 0 amide bonds. The number of hydrogen-bond donors (Lipinski definition) is 1. The highest BCUT2D eigenvalue weighted by molar-refractivity contribution is 7.90. The largest absolute Gasteiger partial charge is 0.379 e. The molecule has 0 aromatic rings. The zero-order valence-electron chi connectivity index (χ0n) is 9.73. The highest BCUT2D eigenvalue weighted by Gasteiger charge is 2.32. The number of ketones is 1. The summed E-state index contributed by atoms with van der Waals surface area (Å²) in [5, 5.41) is 3.04. The molecule has 0 saturated carbocycles. The third-order valence-electron chi connectivity index (χ3n) is 2.80. The van der Waals surface area contributed by atoms with Crippen LogP contribution < -0.4 is 5.32 Å². The van der Waals surface area contributed by atoms with Crippen molar-refractivity contribution in [3.8, 4) is 0 Å². The van der Waals surface area contributed by atoms with E-state index in [9.17, 15) is 13.2 Å². The topological polar surface area (TPSA) is 72.5 Å². The van der Waals surface area contributed by atoms with Crippen LogP contribution in [0, 0.1) is 5.92 Å². The Morgan fingerprint density at radius 3 is 2.69 bits per heavy atom. The molecule has 0 radical (unpaired) electrons. The molecule has 16 heavy (non-hydrogen) atoms. The summed E-state index contributed by atoms with van der Waals surface area (Å²) in [5.41, 5.74) is 0. The highest BCUT2D eigenvalue weighted by atomic mass is 32.2. The third kappa shape index (κ3) is 4.19. The first-order chi connectivity index (χ1) is 7.44. The fourth-order valence-corrected chi connectivity index (χ4v) is 2.52. The van der Waals surface area contributed by atoms with Crippen LogP contribution in [-0.2, 0) is 19.4 Å². The molecule has 2 unspecified atom stereocenters. The first-order valence-electron chi connectivity index (χ1n) is 5.39. The van der Waals surface area contributed by atoms with Crippen molar-refractivity contribution in [2.24, 2.45) is 5.92 Å². The van der Waals surface area contributed by atoms with E-state index in [1.807, 2.05) is 0 Å². The summed E-state index contributed by atoms with van der Waals surface area (Å²) in [6.07, 6.45) is 1.91. The number of hydrogen-bond acceptors (Lipinski definition) is 5. The summed E-state index contributed by atoms with van der Waals surface area (Å²) >= 11 is 0. The minimum atomic E-state index is -2.96. The van der Waals surface area contributed by atoms with E-state index in [0.29, 0.717) is 26.1 Å². The second-order valence-electron chi connectivity index (χ2n) is 4.24. The quantitative estimate of drug-likeness (QED) is 0.694. The molecule has 1 aliphatic rings. The molecule has 1 heterocycles. The van der Waals surface area contributed by atoms with E-state index in [1.165, 1.54) is 6.26 Å². The number of likely N-dealkylation sites (N-methyl/N-ethyl adjacent to an activating group) is 1. The number of ether oxygens (including phenoxy) is 1. The molecule has 0 spiro atoms. The minimum absolute atomic E-state index is 0.0748. The standard InChI is InChI=1S/C10H19NO4S/c1-11-9-7-15-6-8(9)10(12)4-3-5-16(2,13)14/h8-9,11H,3-7H2,1-2H3. The molecule has 1 fully saturated rings. The van der Waals surface area contributed by atoms with Crippen LogP contribution >= 0.6 is 0 Å². The van der Waals surface area contributed by atoms with Crippen molar-refractivity contribution >= 4 is 15.6 Å². The number of carbonyl (C=O) groups is 1. The van der Waals surface area contributed by atoms with Crippen LogP contribution in [0.4, 0.5) is 0 Å². The van der Waals surface area contributed by atoms with Gasteiger partial charge in [-0.25, -0.2) is 8.42 Å². The van der Waals surface area contributed by atoms with E-state index in [4.69, 9.17) is 4.74 Å². The molecule has 6 heteroatoms. The Kier molecular flexibility index (Phi) is 4.89. The first kappa shape index (κ1) is 13.6. The third-order valence-corrected chi connectivity index (χ3v) is 3.83. The summed E-state index contributed by atoms with van der Waals surface area (Å²) < 4.78 is 27.0. The van der Waals surface area contributed by atoms with Crippen molar-refractivity contribution in [3.63, 3.8) is 0 Å². The van der Waals surface area contributed by atoms with Gasteiger partial charge in [0.05, 0.1) is 24.9 Å². The van der Waals surface area contributed by atoms with E-state index >= 15 is 0 Å². The van der Waals surface area contributed by atoms with Gasteiger partial charge in [0.2, 0.25) is 0 Å². The Labute approximate surface area is 96.5 Å². The fourth-order valence-electron chi connectivity index (χ4n) is 1.85. The SMILES string of the molecule is CNC1COCC1C(=O)CCCS(C)(=O)=O. The van der Waals surface area contributed by atoms with Crippen molar-refractivity contribution in [2.75, 3.05) is 32.3 Å². The maximum absolute atomic E-state index is 11.8. The van der Waals surface area contributed by atoms with E-state index in [1.54, 1.807) is 7.05 Å². The second kappa shape index (κ2) is 5.75. The predicted octanol–water partition coefficient (Wildman–Crippen LogP) is -0.385. The molecule has 0 aliphatic carbocycles. The summed E-state index contributed by atoms with van der Waals surface area (Å²) in [7, 11) is -1.16. The van der Waals surface area contributed by atoms with Gasteiger partial charge in [0.15, 0.2) is 0 Å². The van der Waals surface area contributed by atoms with Crippen LogP contribution in [0.1, 0.15) is 12.8 Å². The molecule has 1 aliphatic heterocycles.